The van der Waals surface area contributed by atoms with Gasteiger partial charge in [-0.3, -0.25) is 4.79 Å². The maximum Gasteiger partial charge on any atom is 0.422 e. The van der Waals surface area contributed by atoms with E-state index < -0.39 is 12.8 Å². The molecule has 0 fully saturated rings. The minimum absolute atomic E-state index is 0.135. The number of nitrogens with zero attached hydrogens (tertiary/aromatic N) is 1. The summed E-state index contributed by atoms with van der Waals surface area (Å²) >= 11 is 1.72. The maximum absolute atomic E-state index is 12.6. The van der Waals surface area contributed by atoms with Crippen LogP contribution in [0.25, 0.3) is 5.57 Å². The molecule has 0 saturated carbocycles. The van der Waals surface area contributed by atoms with Crippen molar-refractivity contribution >= 4 is 23.6 Å². The molecule has 3 nitrogen and oxygen atoms in total. The quantitative estimate of drug-likeness (QED) is 0.341. The summed E-state index contributed by atoms with van der Waals surface area (Å²) in [6.07, 6.45) is -0.330. The van der Waals surface area contributed by atoms with Gasteiger partial charge >= 0.3 is 6.18 Å². The average Bonchev–Trinajstić information content (AvgIpc) is 2.56. The lowest BCUT2D eigenvalue weighted by Crippen LogP contribution is -2.19. The molecule has 0 aliphatic rings. The molecule has 0 amide bonds. The third-order valence-corrected chi connectivity index (χ3v) is 4.13. The molecule has 0 heterocycles. The van der Waals surface area contributed by atoms with E-state index in [1.807, 2.05) is 13.0 Å². The lowest BCUT2D eigenvalue weighted by atomic mass is 10.0. The average molecular weight is 387 g/mol. The standard InChI is InChI=1S/C19H24F3NO2S/c1-5-26-12-15-6-7-18(25-13-19(20,21)22)17(9-15)16(10-23(3)4)8-14(2)11-24/h6-11H,5,12-13H2,1-4H3/b14-8-,16-10+. The number of halogens is 3. The molecule has 1 aromatic carbocycles. The van der Waals surface area contributed by atoms with E-state index in [1.54, 1.807) is 62.1 Å². The summed E-state index contributed by atoms with van der Waals surface area (Å²) in [6.45, 7) is 2.32. The minimum Gasteiger partial charge on any atom is -0.483 e. The van der Waals surface area contributed by atoms with Crippen molar-refractivity contribution in [2.24, 2.45) is 0 Å². The van der Waals surface area contributed by atoms with E-state index in [2.05, 4.69) is 0 Å². The molecule has 7 heteroatoms. The van der Waals surface area contributed by atoms with Gasteiger partial charge in [0.25, 0.3) is 0 Å². The molecule has 0 aliphatic heterocycles. The lowest BCUT2D eigenvalue weighted by molar-refractivity contribution is -0.153. The minimum atomic E-state index is -4.42. The molecule has 1 aromatic rings. The number of carbonyl (C=O) groups is 1. The molecule has 1 rings (SSSR count). The molecule has 0 atom stereocenters. The number of rotatable bonds is 9. The molecule has 26 heavy (non-hydrogen) atoms. The zero-order valence-corrected chi connectivity index (χ0v) is 16.2. The highest BCUT2D eigenvalue weighted by Crippen LogP contribution is 2.31. The van der Waals surface area contributed by atoms with Crippen molar-refractivity contribution < 1.29 is 22.7 Å². The molecular formula is C19H24F3NO2S. The normalized spacial score (nSPS) is 12.9. The molecule has 0 saturated heterocycles. The van der Waals surface area contributed by atoms with Crippen molar-refractivity contribution in [2.75, 3.05) is 26.5 Å². The van der Waals surface area contributed by atoms with Gasteiger partial charge in [0.05, 0.1) is 0 Å². The number of aldehydes is 1. The van der Waals surface area contributed by atoms with Crippen molar-refractivity contribution in [3.8, 4) is 5.75 Å². The number of allylic oxidation sites excluding steroid dienone is 3. The van der Waals surface area contributed by atoms with Crippen LogP contribution >= 0.6 is 11.8 Å². The molecule has 0 unspecified atom stereocenters. The summed E-state index contributed by atoms with van der Waals surface area (Å²) in [5, 5.41) is 0. The van der Waals surface area contributed by atoms with Crippen LogP contribution in [0.1, 0.15) is 25.0 Å². The summed E-state index contributed by atoms with van der Waals surface area (Å²) in [5.41, 5.74) is 2.58. The molecule has 0 bridgehead atoms. The van der Waals surface area contributed by atoms with Gasteiger partial charge in [-0.25, -0.2) is 0 Å². The first-order valence-electron chi connectivity index (χ1n) is 8.08. The summed E-state index contributed by atoms with van der Waals surface area (Å²) < 4.78 is 42.8. The monoisotopic (exact) mass is 387 g/mol. The van der Waals surface area contributed by atoms with Crippen LogP contribution < -0.4 is 4.74 Å². The first kappa shape index (κ1) is 22.2. The summed E-state index contributed by atoms with van der Waals surface area (Å²) in [7, 11) is 3.61. The first-order valence-corrected chi connectivity index (χ1v) is 9.24. The predicted octanol–water partition coefficient (Wildman–Crippen LogP) is 4.93. The first-order chi connectivity index (χ1) is 12.2. The van der Waals surface area contributed by atoms with Crippen molar-refractivity contribution in [3.05, 3.63) is 47.2 Å². The van der Waals surface area contributed by atoms with E-state index in [-0.39, 0.29) is 5.75 Å². The number of thioether (sulfide) groups is 1. The predicted molar refractivity (Wildman–Crippen MR) is 101 cm³/mol. The molecule has 0 aliphatic carbocycles. The summed E-state index contributed by atoms with van der Waals surface area (Å²) in [6, 6.07) is 5.14. The third kappa shape index (κ3) is 7.99. The highest BCUT2D eigenvalue weighted by Gasteiger charge is 2.29. The highest BCUT2D eigenvalue weighted by atomic mass is 32.2. The molecule has 0 spiro atoms. The fraction of sp³-hybridized carbons (Fsp3) is 0.421. The zero-order valence-electron chi connectivity index (χ0n) is 15.4. The van der Waals surface area contributed by atoms with Gasteiger partial charge in [0.2, 0.25) is 0 Å². The van der Waals surface area contributed by atoms with E-state index in [4.69, 9.17) is 4.74 Å². The number of alkyl halides is 3. The number of hydrogen-bond donors (Lipinski definition) is 0. The van der Waals surface area contributed by atoms with Gasteiger partial charge in [-0.15, -0.1) is 0 Å². The molecule has 144 valence electrons. The highest BCUT2D eigenvalue weighted by molar-refractivity contribution is 7.98. The Hall–Kier alpha value is -1.89. The van der Waals surface area contributed by atoms with E-state index in [0.29, 0.717) is 23.0 Å². The summed E-state index contributed by atoms with van der Waals surface area (Å²) in [5.74, 6) is 1.82. The van der Waals surface area contributed by atoms with Crippen LogP contribution in [0.15, 0.2) is 36.0 Å². The van der Waals surface area contributed by atoms with Gasteiger partial charge in [0, 0.05) is 37.2 Å². The van der Waals surface area contributed by atoms with Crippen LogP contribution in [0.5, 0.6) is 5.75 Å². The van der Waals surface area contributed by atoms with E-state index in [0.717, 1.165) is 17.1 Å². The van der Waals surface area contributed by atoms with Crippen LogP contribution in [0.2, 0.25) is 0 Å². The largest absolute Gasteiger partial charge is 0.483 e. The number of benzene rings is 1. The molecule has 0 aromatic heterocycles. The molecular weight excluding hydrogens is 363 g/mol. The van der Waals surface area contributed by atoms with Gasteiger partial charge < -0.3 is 9.64 Å². The SMILES string of the molecule is CCSCc1ccc(OCC(F)(F)F)c(C(/C=C(/C)C=O)=C/N(C)C)c1. The number of carbonyl (C=O) groups excluding carboxylic acids is 1. The van der Waals surface area contributed by atoms with Gasteiger partial charge in [-0.1, -0.05) is 13.0 Å². The smallest absolute Gasteiger partial charge is 0.422 e. The Morgan fingerprint density at radius 3 is 2.54 bits per heavy atom. The second kappa shape index (κ2) is 10.3. The number of ether oxygens (including phenoxy) is 1. The van der Waals surface area contributed by atoms with Crippen LogP contribution in [-0.4, -0.2) is 43.8 Å². The van der Waals surface area contributed by atoms with E-state index >= 15 is 0 Å². The Kier molecular flexibility index (Phi) is 8.78. The van der Waals surface area contributed by atoms with Crippen molar-refractivity contribution in [1.82, 2.24) is 4.90 Å². The number of hydrogen-bond acceptors (Lipinski definition) is 4. The van der Waals surface area contributed by atoms with Crippen LogP contribution in [0, 0.1) is 0 Å². The Bertz CT molecular complexity index is 667. The van der Waals surface area contributed by atoms with Crippen LogP contribution in [-0.2, 0) is 10.5 Å². The van der Waals surface area contributed by atoms with Crippen LogP contribution in [0.3, 0.4) is 0 Å². The molecule has 0 radical (unpaired) electrons. The summed E-state index contributed by atoms with van der Waals surface area (Å²) in [4.78, 5) is 12.8. The van der Waals surface area contributed by atoms with Gasteiger partial charge in [0.15, 0.2) is 6.61 Å². The van der Waals surface area contributed by atoms with E-state index in [1.165, 1.54) is 0 Å². The van der Waals surface area contributed by atoms with Crippen molar-refractivity contribution in [1.29, 1.82) is 0 Å². The Labute approximate surface area is 156 Å². The van der Waals surface area contributed by atoms with Gasteiger partial charge in [-0.2, -0.15) is 24.9 Å². The Morgan fingerprint density at radius 1 is 1.31 bits per heavy atom. The van der Waals surface area contributed by atoms with E-state index in [9.17, 15) is 18.0 Å². The molecule has 0 N–H and O–H groups in total. The fourth-order valence-corrected chi connectivity index (χ4v) is 2.76. The van der Waals surface area contributed by atoms with Gasteiger partial charge in [0.1, 0.15) is 12.0 Å². The topological polar surface area (TPSA) is 29.5 Å². The zero-order chi connectivity index (χ0) is 19.7. The van der Waals surface area contributed by atoms with Crippen molar-refractivity contribution in [2.45, 2.75) is 25.8 Å². The second-order valence-corrected chi connectivity index (χ2v) is 7.20. The van der Waals surface area contributed by atoms with Crippen LogP contribution in [0.4, 0.5) is 13.2 Å². The third-order valence-electron chi connectivity index (χ3n) is 3.19. The fourth-order valence-electron chi connectivity index (χ4n) is 2.14. The van der Waals surface area contributed by atoms with Crippen molar-refractivity contribution in [3.63, 3.8) is 0 Å². The second-order valence-electron chi connectivity index (χ2n) is 5.93. The van der Waals surface area contributed by atoms with Gasteiger partial charge in [-0.05, 0) is 42.0 Å². The lowest BCUT2D eigenvalue weighted by Gasteiger charge is -2.17. The Morgan fingerprint density at radius 2 is 2.00 bits per heavy atom. The Balaban J connectivity index is 3.39. The maximum atomic E-state index is 12.6.